The summed E-state index contributed by atoms with van der Waals surface area (Å²) in [6, 6.07) is -0.0576. The highest BCUT2D eigenvalue weighted by Gasteiger charge is 2.26. The lowest BCUT2D eigenvalue weighted by molar-refractivity contribution is 0.0348. The number of ether oxygens (including phenoxy) is 2. The zero-order valence-corrected chi connectivity index (χ0v) is 7.86. The fourth-order valence-corrected chi connectivity index (χ4v) is 1.38. The largest absolute Gasteiger partial charge is 0.449 e. The van der Waals surface area contributed by atoms with E-state index in [0.717, 1.165) is 6.42 Å². The van der Waals surface area contributed by atoms with Crippen LogP contribution in [0.2, 0.25) is 0 Å². The SMILES string of the molecule is COCC(CN)N1CCCOC1=O. The van der Waals surface area contributed by atoms with Crippen molar-refractivity contribution >= 4 is 6.09 Å². The first-order valence-corrected chi connectivity index (χ1v) is 4.42. The van der Waals surface area contributed by atoms with Gasteiger partial charge in [-0.2, -0.15) is 0 Å². The summed E-state index contributed by atoms with van der Waals surface area (Å²) in [6.45, 7) is 2.10. The van der Waals surface area contributed by atoms with Gasteiger partial charge in [0, 0.05) is 20.2 Å². The van der Waals surface area contributed by atoms with Gasteiger partial charge < -0.3 is 20.1 Å². The van der Waals surface area contributed by atoms with Gasteiger partial charge >= 0.3 is 6.09 Å². The van der Waals surface area contributed by atoms with E-state index in [1.807, 2.05) is 0 Å². The molecule has 5 heteroatoms. The number of carbonyl (C=O) groups excluding carboxylic acids is 1. The molecule has 1 fully saturated rings. The molecule has 1 rings (SSSR count). The molecule has 0 saturated carbocycles. The minimum absolute atomic E-state index is 0.0576. The zero-order valence-electron chi connectivity index (χ0n) is 7.86. The lowest BCUT2D eigenvalue weighted by Gasteiger charge is -2.32. The molecule has 0 radical (unpaired) electrons. The Balaban J connectivity index is 2.49. The van der Waals surface area contributed by atoms with E-state index < -0.39 is 0 Å². The molecule has 1 aliphatic heterocycles. The number of hydrogen-bond acceptors (Lipinski definition) is 4. The Labute approximate surface area is 77.8 Å². The lowest BCUT2D eigenvalue weighted by Crippen LogP contribution is -2.50. The molecule has 0 spiro atoms. The quantitative estimate of drug-likeness (QED) is 0.663. The van der Waals surface area contributed by atoms with E-state index in [1.54, 1.807) is 12.0 Å². The van der Waals surface area contributed by atoms with Crippen LogP contribution < -0.4 is 5.73 Å². The summed E-state index contributed by atoms with van der Waals surface area (Å²) in [5, 5.41) is 0. The number of carbonyl (C=O) groups is 1. The fraction of sp³-hybridized carbons (Fsp3) is 0.875. The van der Waals surface area contributed by atoms with Crippen LogP contribution in [0.25, 0.3) is 0 Å². The molecule has 1 unspecified atom stereocenters. The first kappa shape index (κ1) is 10.3. The van der Waals surface area contributed by atoms with Gasteiger partial charge in [-0.25, -0.2) is 4.79 Å². The zero-order chi connectivity index (χ0) is 9.68. The van der Waals surface area contributed by atoms with Gasteiger partial charge in [-0.05, 0) is 6.42 Å². The van der Waals surface area contributed by atoms with Gasteiger partial charge in [0.1, 0.15) is 0 Å². The van der Waals surface area contributed by atoms with E-state index in [9.17, 15) is 4.79 Å². The van der Waals surface area contributed by atoms with Crippen molar-refractivity contribution in [3.05, 3.63) is 0 Å². The molecule has 0 aromatic rings. The molecule has 2 N–H and O–H groups in total. The molecule has 5 nitrogen and oxygen atoms in total. The average Bonchev–Trinajstić information content (AvgIpc) is 2.16. The van der Waals surface area contributed by atoms with Crippen LogP contribution in [0.4, 0.5) is 4.79 Å². The van der Waals surface area contributed by atoms with Crippen molar-refractivity contribution in [2.75, 3.05) is 33.4 Å². The Morgan fingerprint density at radius 1 is 1.77 bits per heavy atom. The molecule has 76 valence electrons. The van der Waals surface area contributed by atoms with Crippen molar-refractivity contribution in [2.24, 2.45) is 5.73 Å². The number of nitrogens with zero attached hydrogens (tertiary/aromatic N) is 1. The highest BCUT2D eigenvalue weighted by atomic mass is 16.6. The Morgan fingerprint density at radius 2 is 2.54 bits per heavy atom. The van der Waals surface area contributed by atoms with E-state index in [2.05, 4.69) is 0 Å². The van der Waals surface area contributed by atoms with Gasteiger partial charge in [0.15, 0.2) is 0 Å². The van der Waals surface area contributed by atoms with Gasteiger partial charge in [0.2, 0.25) is 0 Å². The molecule has 1 saturated heterocycles. The van der Waals surface area contributed by atoms with Crippen molar-refractivity contribution in [3.8, 4) is 0 Å². The Kier molecular flexibility index (Phi) is 3.98. The predicted molar refractivity (Wildman–Crippen MR) is 47.4 cm³/mol. The third kappa shape index (κ3) is 2.57. The molecule has 1 aliphatic rings. The topological polar surface area (TPSA) is 64.8 Å². The molecular weight excluding hydrogens is 172 g/mol. The molecular formula is C8H16N2O3. The highest BCUT2D eigenvalue weighted by molar-refractivity contribution is 5.68. The molecule has 1 amide bonds. The lowest BCUT2D eigenvalue weighted by atomic mass is 10.2. The van der Waals surface area contributed by atoms with Crippen molar-refractivity contribution in [2.45, 2.75) is 12.5 Å². The predicted octanol–water partition coefficient (Wildman–Crippen LogP) is -0.198. The van der Waals surface area contributed by atoms with Gasteiger partial charge in [-0.15, -0.1) is 0 Å². The first-order valence-electron chi connectivity index (χ1n) is 4.42. The second-order valence-corrected chi connectivity index (χ2v) is 3.01. The third-order valence-electron chi connectivity index (χ3n) is 2.08. The van der Waals surface area contributed by atoms with Crippen molar-refractivity contribution in [1.29, 1.82) is 0 Å². The summed E-state index contributed by atoms with van der Waals surface area (Å²) in [6.07, 6.45) is 0.588. The monoisotopic (exact) mass is 188 g/mol. The molecule has 0 bridgehead atoms. The minimum Gasteiger partial charge on any atom is -0.449 e. The molecule has 1 heterocycles. The summed E-state index contributed by atoms with van der Waals surface area (Å²) in [7, 11) is 1.60. The number of hydrogen-bond donors (Lipinski definition) is 1. The van der Waals surface area contributed by atoms with Crippen molar-refractivity contribution in [3.63, 3.8) is 0 Å². The second-order valence-electron chi connectivity index (χ2n) is 3.01. The fourth-order valence-electron chi connectivity index (χ4n) is 1.38. The van der Waals surface area contributed by atoms with Crippen LogP contribution in [0, 0.1) is 0 Å². The Bertz CT molecular complexity index is 175. The summed E-state index contributed by atoms with van der Waals surface area (Å²) < 4.78 is 9.86. The Hall–Kier alpha value is -0.810. The van der Waals surface area contributed by atoms with E-state index in [-0.39, 0.29) is 12.1 Å². The summed E-state index contributed by atoms with van der Waals surface area (Å²) in [5.41, 5.74) is 5.52. The highest BCUT2D eigenvalue weighted by Crippen LogP contribution is 2.08. The average molecular weight is 188 g/mol. The summed E-state index contributed by atoms with van der Waals surface area (Å²) >= 11 is 0. The number of cyclic esters (lactones) is 1. The summed E-state index contributed by atoms with van der Waals surface area (Å²) in [4.78, 5) is 12.9. The third-order valence-corrected chi connectivity index (χ3v) is 2.08. The van der Waals surface area contributed by atoms with Gasteiger partial charge in [-0.1, -0.05) is 0 Å². The first-order chi connectivity index (χ1) is 6.29. The maximum atomic E-state index is 11.3. The van der Waals surface area contributed by atoms with Gasteiger partial charge in [0.25, 0.3) is 0 Å². The van der Waals surface area contributed by atoms with E-state index in [4.69, 9.17) is 15.2 Å². The molecule has 0 aromatic carbocycles. The summed E-state index contributed by atoms with van der Waals surface area (Å²) in [5.74, 6) is 0. The minimum atomic E-state index is -0.279. The molecule has 0 aromatic heterocycles. The molecule has 0 aliphatic carbocycles. The van der Waals surface area contributed by atoms with Gasteiger partial charge in [0.05, 0.1) is 19.3 Å². The maximum absolute atomic E-state index is 11.3. The van der Waals surface area contributed by atoms with Crippen molar-refractivity contribution < 1.29 is 14.3 Å². The van der Waals surface area contributed by atoms with Gasteiger partial charge in [-0.3, -0.25) is 0 Å². The second kappa shape index (κ2) is 5.04. The van der Waals surface area contributed by atoms with Crippen molar-refractivity contribution in [1.82, 2.24) is 4.90 Å². The number of amides is 1. The van der Waals surface area contributed by atoms with Crippen LogP contribution in [0.1, 0.15) is 6.42 Å². The molecule has 13 heavy (non-hydrogen) atoms. The van der Waals surface area contributed by atoms with E-state index >= 15 is 0 Å². The van der Waals surface area contributed by atoms with E-state index in [1.165, 1.54) is 0 Å². The van der Waals surface area contributed by atoms with Crippen LogP contribution in [0.15, 0.2) is 0 Å². The van der Waals surface area contributed by atoms with Crippen LogP contribution in [-0.4, -0.2) is 50.4 Å². The maximum Gasteiger partial charge on any atom is 0.410 e. The van der Waals surface area contributed by atoms with Crippen LogP contribution in [-0.2, 0) is 9.47 Å². The van der Waals surface area contributed by atoms with Crippen LogP contribution in [0.3, 0.4) is 0 Å². The Morgan fingerprint density at radius 3 is 3.08 bits per heavy atom. The normalized spacial score (nSPS) is 19.8. The van der Waals surface area contributed by atoms with Crippen LogP contribution >= 0.6 is 0 Å². The number of methoxy groups -OCH3 is 1. The number of nitrogens with two attached hydrogens (primary N) is 1. The van der Waals surface area contributed by atoms with E-state index in [0.29, 0.717) is 26.3 Å². The molecule has 1 atom stereocenters. The van der Waals surface area contributed by atoms with Crippen LogP contribution in [0.5, 0.6) is 0 Å². The number of rotatable bonds is 4. The smallest absolute Gasteiger partial charge is 0.410 e. The standard InChI is InChI=1S/C8H16N2O3/c1-12-6-7(5-9)10-3-2-4-13-8(10)11/h7H,2-6,9H2,1H3.